The molecule has 1 unspecified atom stereocenters. The molecule has 8 nitrogen and oxygen atoms in total. The minimum Gasteiger partial charge on any atom is -0.495 e. The number of carbonyl (C=O) groups is 2. The third-order valence-corrected chi connectivity index (χ3v) is 6.17. The van der Waals surface area contributed by atoms with E-state index in [2.05, 4.69) is 26.9 Å². The van der Waals surface area contributed by atoms with Gasteiger partial charge in [0.1, 0.15) is 17.4 Å². The van der Waals surface area contributed by atoms with Crippen molar-refractivity contribution in [1.29, 1.82) is 0 Å². The lowest BCUT2D eigenvalue weighted by molar-refractivity contribution is -0.121. The molecule has 1 amide bonds. The number of halogens is 1. The maximum absolute atomic E-state index is 13.0. The number of ketones is 1. The van der Waals surface area contributed by atoms with Crippen molar-refractivity contribution >= 4 is 17.5 Å². The molecular formula is C27H30FN5O3. The Morgan fingerprint density at radius 3 is 2.69 bits per heavy atom. The molecule has 1 atom stereocenters. The second-order valence-corrected chi connectivity index (χ2v) is 8.84. The summed E-state index contributed by atoms with van der Waals surface area (Å²) in [6.07, 6.45) is 6.42. The van der Waals surface area contributed by atoms with E-state index < -0.39 is 5.82 Å². The summed E-state index contributed by atoms with van der Waals surface area (Å²) >= 11 is 0. The molecule has 2 aromatic carbocycles. The summed E-state index contributed by atoms with van der Waals surface area (Å²) in [5.74, 6) is 0.685. The molecule has 0 aliphatic carbocycles. The number of nitrogens with one attached hydrogen (secondary N) is 2. The molecule has 188 valence electrons. The molecule has 1 aromatic heterocycles. The Morgan fingerprint density at radius 2 is 1.97 bits per heavy atom. The van der Waals surface area contributed by atoms with Crippen molar-refractivity contribution in [2.75, 3.05) is 13.7 Å². The van der Waals surface area contributed by atoms with Crippen LogP contribution >= 0.6 is 0 Å². The van der Waals surface area contributed by atoms with Gasteiger partial charge in [0.05, 0.1) is 24.8 Å². The molecule has 4 rings (SSSR count). The van der Waals surface area contributed by atoms with Gasteiger partial charge in [0, 0.05) is 37.1 Å². The molecule has 2 N–H and O–H groups in total. The monoisotopic (exact) mass is 491 g/mol. The number of amidine groups is 1. The van der Waals surface area contributed by atoms with Crippen LogP contribution in [-0.2, 0) is 11.2 Å². The van der Waals surface area contributed by atoms with E-state index in [0.717, 1.165) is 47.8 Å². The van der Waals surface area contributed by atoms with Crippen LogP contribution < -0.4 is 15.6 Å². The van der Waals surface area contributed by atoms with Crippen LogP contribution in [0.5, 0.6) is 5.75 Å². The second kappa shape index (κ2) is 11.6. The lowest BCUT2D eigenvalue weighted by Gasteiger charge is -2.25. The molecule has 0 saturated heterocycles. The normalized spacial score (nSPS) is 15.2. The highest BCUT2D eigenvalue weighted by molar-refractivity contribution is 5.98. The Morgan fingerprint density at radius 1 is 1.17 bits per heavy atom. The van der Waals surface area contributed by atoms with Crippen molar-refractivity contribution in [1.82, 2.24) is 20.4 Å². The van der Waals surface area contributed by atoms with E-state index in [4.69, 9.17) is 4.74 Å². The van der Waals surface area contributed by atoms with Gasteiger partial charge in [-0.2, -0.15) is 0 Å². The first-order valence-electron chi connectivity index (χ1n) is 12.0. The molecule has 0 fully saturated rings. The topological polar surface area (TPSA) is 97.6 Å². The summed E-state index contributed by atoms with van der Waals surface area (Å²) in [5.41, 5.74) is 8.98. The molecule has 1 aliphatic rings. The van der Waals surface area contributed by atoms with Gasteiger partial charge in [-0.3, -0.25) is 25.4 Å². The van der Waals surface area contributed by atoms with E-state index in [1.807, 2.05) is 29.8 Å². The fourth-order valence-electron chi connectivity index (χ4n) is 4.25. The molecule has 1 aliphatic heterocycles. The number of imidazole rings is 1. The van der Waals surface area contributed by atoms with Crippen LogP contribution in [0.15, 0.2) is 60.0 Å². The van der Waals surface area contributed by atoms with Crippen LogP contribution in [0.3, 0.4) is 0 Å². The Balaban J connectivity index is 1.33. The van der Waals surface area contributed by atoms with Crippen molar-refractivity contribution in [3.8, 4) is 11.4 Å². The highest BCUT2D eigenvalue weighted by atomic mass is 19.1. The standard InChI is InChI=1S/C27H30FN5O3/c1-18-16-33(17-30-18)23-10-5-19(15-25(23)36-2)14-21-4-3-13-29-27(21)32-31-26(35)12-11-24(34)20-6-8-22(28)9-7-20/h5-10,15-17,21H,3-4,11-14H2,1-2H3,(H,29,32)(H,31,35). The fourth-order valence-corrected chi connectivity index (χ4v) is 4.25. The number of nitrogens with zero attached hydrogens (tertiary/aromatic N) is 3. The number of rotatable bonds is 8. The zero-order valence-corrected chi connectivity index (χ0v) is 20.5. The van der Waals surface area contributed by atoms with E-state index >= 15 is 0 Å². The van der Waals surface area contributed by atoms with Gasteiger partial charge >= 0.3 is 0 Å². The van der Waals surface area contributed by atoms with Gasteiger partial charge in [-0.05, 0) is 68.1 Å². The van der Waals surface area contributed by atoms with Crippen LogP contribution in [0.1, 0.15) is 47.3 Å². The van der Waals surface area contributed by atoms with E-state index in [1.54, 1.807) is 13.4 Å². The number of ether oxygens (including phenoxy) is 1. The zero-order valence-electron chi connectivity index (χ0n) is 20.5. The minimum atomic E-state index is -0.404. The first-order chi connectivity index (χ1) is 17.4. The van der Waals surface area contributed by atoms with E-state index in [0.29, 0.717) is 12.1 Å². The zero-order chi connectivity index (χ0) is 25.5. The van der Waals surface area contributed by atoms with Crippen molar-refractivity contribution in [2.24, 2.45) is 10.9 Å². The molecule has 2 heterocycles. The van der Waals surface area contributed by atoms with Gasteiger partial charge < -0.3 is 9.30 Å². The summed E-state index contributed by atoms with van der Waals surface area (Å²) < 4.78 is 20.6. The SMILES string of the molecule is COc1cc(CC2CCCN=C2NNC(=O)CCC(=O)c2ccc(F)cc2)ccc1-n1cnc(C)c1. The lowest BCUT2D eigenvalue weighted by Crippen LogP contribution is -2.46. The predicted octanol–water partition coefficient (Wildman–Crippen LogP) is 3.96. The van der Waals surface area contributed by atoms with E-state index in [1.165, 1.54) is 24.3 Å². The lowest BCUT2D eigenvalue weighted by atomic mass is 9.91. The first kappa shape index (κ1) is 25.1. The number of hydrazine groups is 1. The van der Waals surface area contributed by atoms with Gasteiger partial charge in [-0.1, -0.05) is 6.07 Å². The summed E-state index contributed by atoms with van der Waals surface area (Å²) in [5, 5.41) is 0. The summed E-state index contributed by atoms with van der Waals surface area (Å²) in [6, 6.07) is 11.4. The molecule has 0 radical (unpaired) electrons. The minimum absolute atomic E-state index is 0.0214. The van der Waals surface area contributed by atoms with Gasteiger partial charge in [0.2, 0.25) is 5.91 Å². The number of aryl methyl sites for hydroxylation is 1. The number of carbonyl (C=O) groups excluding carboxylic acids is 2. The molecule has 36 heavy (non-hydrogen) atoms. The third kappa shape index (κ3) is 6.35. The average Bonchev–Trinajstić information content (AvgIpc) is 3.33. The number of benzene rings is 2. The number of aliphatic imine (C=N–C) groups is 1. The van der Waals surface area contributed by atoms with Gasteiger partial charge in [0.15, 0.2) is 5.78 Å². The van der Waals surface area contributed by atoms with Crippen LogP contribution in [0, 0.1) is 18.7 Å². The van der Waals surface area contributed by atoms with Gasteiger partial charge in [-0.15, -0.1) is 0 Å². The molecule has 9 heteroatoms. The quantitative estimate of drug-likeness (QED) is 0.367. The number of Topliss-reactive ketones (excluding diaryl/α,β-unsaturated/α-hetero) is 1. The first-order valence-corrected chi connectivity index (χ1v) is 12.0. The Kier molecular flexibility index (Phi) is 8.10. The maximum Gasteiger partial charge on any atom is 0.238 e. The molecule has 0 spiro atoms. The van der Waals surface area contributed by atoms with E-state index in [-0.39, 0.29) is 30.4 Å². The van der Waals surface area contributed by atoms with Crippen LogP contribution in [0.4, 0.5) is 4.39 Å². The third-order valence-electron chi connectivity index (χ3n) is 6.17. The van der Waals surface area contributed by atoms with E-state index in [9.17, 15) is 14.0 Å². The number of hydrogen-bond donors (Lipinski definition) is 2. The Hall–Kier alpha value is -4.01. The van der Waals surface area contributed by atoms with Crippen molar-refractivity contribution in [3.63, 3.8) is 0 Å². The largest absolute Gasteiger partial charge is 0.495 e. The molecule has 3 aromatic rings. The molecular weight excluding hydrogens is 461 g/mol. The van der Waals surface area contributed by atoms with Crippen LogP contribution in [0.2, 0.25) is 0 Å². The number of amides is 1. The smallest absolute Gasteiger partial charge is 0.238 e. The maximum atomic E-state index is 13.0. The highest BCUT2D eigenvalue weighted by Gasteiger charge is 2.21. The highest BCUT2D eigenvalue weighted by Crippen LogP contribution is 2.27. The molecule has 0 bridgehead atoms. The summed E-state index contributed by atoms with van der Waals surface area (Å²) in [4.78, 5) is 33.4. The van der Waals surface area contributed by atoms with Crippen molar-refractivity contribution in [3.05, 3.63) is 77.6 Å². The number of methoxy groups -OCH3 is 1. The Labute approximate surface area is 209 Å². The Bertz CT molecular complexity index is 1250. The molecule has 0 saturated carbocycles. The predicted molar refractivity (Wildman–Crippen MR) is 135 cm³/mol. The summed E-state index contributed by atoms with van der Waals surface area (Å²) in [6.45, 7) is 2.64. The van der Waals surface area contributed by atoms with Crippen molar-refractivity contribution in [2.45, 2.75) is 39.0 Å². The second-order valence-electron chi connectivity index (χ2n) is 8.84. The number of hydrogen-bond acceptors (Lipinski definition) is 6. The number of aromatic nitrogens is 2. The van der Waals surface area contributed by atoms with Crippen molar-refractivity contribution < 1.29 is 18.7 Å². The van der Waals surface area contributed by atoms with Gasteiger partial charge in [-0.25, -0.2) is 9.37 Å². The van der Waals surface area contributed by atoms with Crippen LogP contribution in [-0.4, -0.2) is 40.7 Å². The fraction of sp³-hybridized carbons (Fsp3) is 0.333. The average molecular weight is 492 g/mol. The summed E-state index contributed by atoms with van der Waals surface area (Å²) in [7, 11) is 1.65. The van der Waals surface area contributed by atoms with Gasteiger partial charge in [0.25, 0.3) is 0 Å². The van der Waals surface area contributed by atoms with Crippen LogP contribution in [0.25, 0.3) is 5.69 Å².